The Morgan fingerprint density at radius 2 is 1.92 bits per heavy atom. The summed E-state index contributed by atoms with van der Waals surface area (Å²) in [4.78, 5) is 20.8. The highest BCUT2D eigenvalue weighted by atomic mass is 16.6. The summed E-state index contributed by atoms with van der Waals surface area (Å²) >= 11 is 0. The molecule has 1 atom stereocenters. The molecule has 2 aliphatic heterocycles. The van der Waals surface area contributed by atoms with Gasteiger partial charge >= 0.3 is 5.97 Å². The topological polar surface area (TPSA) is 89.2 Å². The highest BCUT2D eigenvalue weighted by molar-refractivity contribution is 6.02. The van der Waals surface area contributed by atoms with Crippen molar-refractivity contribution in [3.63, 3.8) is 0 Å². The molecule has 2 aliphatic rings. The molecule has 7 heteroatoms. The number of carboxylic acids is 1. The van der Waals surface area contributed by atoms with Gasteiger partial charge in [-0.3, -0.25) is 14.6 Å². The third kappa shape index (κ3) is 4.89. The Labute approximate surface area is 153 Å². The van der Waals surface area contributed by atoms with Gasteiger partial charge in [-0.05, 0) is 31.0 Å². The summed E-state index contributed by atoms with van der Waals surface area (Å²) in [5, 5.41) is 20.9. The first kappa shape index (κ1) is 18.5. The highest BCUT2D eigenvalue weighted by Gasteiger charge is 2.26. The van der Waals surface area contributed by atoms with E-state index in [4.69, 9.17) is 15.4 Å². The largest absolute Gasteiger partial charge is 0.480 e. The van der Waals surface area contributed by atoms with E-state index in [0.717, 1.165) is 62.4 Å². The molecule has 1 saturated heterocycles. The van der Waals surface area contributed by atoms with Crippen molar-refractivity contribution in [2.24, 2.45) is 5.16 Å². The number of nitrogens with one attached hydrogen (secondary N) is 1. The molecule has 140 valence electrons. The minimum atomic E-state index is -0.764. The summed E-state index contributed by atoms with van der Waals surface area (Å²) in [6.45, 7) is 6.12. The molecule has 1 unspecified atom stereocenters. The Hall–Kier alpha value is -2.25. The minimum absolute atomic E-state index is 0.0418. The van der Waals surface area contributed by atoms with Crippen LogP contribution in [0.15, 0.2) is 29.4 Å². The van der Waals surface area contributed by atoms with Crippen LogP contribution in [0.4, 0.5) is 0 Å². The van der Waals surface area contributed by atoms with Crippen molar-refractivity contribution in [2.45, 2.75) is 25.9 Å². The van der Waals surface area contributed by atoms with Crippen molar-refractivity contribution >= 4 is 17.4 Å². The van der Waals surface area contributed by atoms with E-state index in [1.165, 1.54) is 0 Å². The number of hydrogen-bond acceptors (Lipinski definition) is 6. The summed E-state index contributed by atoms with van der Waals surface area (Å²) in [5.74, 6) is -0.764. The third-order valence-electron chi connectivity index (χ3n) is 4.89. The maximum atomic E-state index is 10.9. The summed E-state index contributed by atoms with van der Waals surface area (Å²) in [5.41, 5.74) is 3.46. The Balaban J connectivity index is 1.49. The van der Waals surface area contributed by atoms with Gasteiger partial charge in [0.15, 0.2) is 0 Å². The molecule has 0 aliphatic carbocycles. The second-order valence-electron chi connectivity index (χ2n) is 7.00. The predicted octanol–water partition coefficient (Wildman–Crippen LogP) is 1.66. The highest BCUT2D eigenvalue weighted by Crippen LogP contribution is 2.19. The van der Waals surface area contributed by atoms with Gasteiger partial charge in [0, 0.05) is 38.3 Å². The minimum Gasteiger partial charge on any atom is -0.480 e. The van der Waals surface area contributed by atoms with Crippen molar-refractivity contribution < 1.29 is 14.7 Å². The zero-order valence-electron chi connectivity index (χ0n) is 15.1. The maximum Gasteiger partial charge on any atom is 0.317 e. The molecule has 0 amide bonds. The quantitative estimate of drug-likeness (QED) is 0.755. The van der Waals surface area contributed by atoms with Crippen LogP contribution in [-0.4, -0.2) is 77.7 Å². The van der Waals surface area contributed by atoms with Gasteiger partial charge in [-0.2, -0.15) is 0 Å². The van der Waals surface area contributed by atoms with Crippen molar-refractivity contribution in [1.29, 1.82) is 5.41 Å². The standard InChI is InChI=1S/C19H26N4O3/c1-14(20)15-3-5-16(6-4-15)18-11-17(26-21-18)12-22-7-2-8-23(10-9-22)13-19(24)25/h3-6,17,20H,2,7-13H2,1H3,(H,24,25). The van der Waals surface area contributed by atoms with E-state index in [1.807, 2.05) is 29.2 Å². The molecule has 1 fully saturated rings. The van der Waals surface area contributed by atoms with Crippen LogP contribution in [0.3, 0.4) is 0 Å². The number of carbonyl (C=O) groups is 1. The predicted molar refractivity (Wildman–Crippen MR) is 100 cm³/mol. The fourth-order valence-electron chi connectivity index (χ4n) is 3.45. The van der Waals surface area contributed by atoms with Gasteiger partial charge in [-0.1, -0.05) is 29.4 Å². The van der Waals surface area contributed by atoms with Crippen molar-refractivity contribution in [3.8, 4) is 0 Å². The van der Waals surface area contributed by atoms with E-state index in [0.29, 0.717) is 5.71 Å². The van der Waals surface area contributed by atoms with E-state index in [-0.39, 0.29) is 12.6 Å². The monoisotopic (exact) mass is 358 g/mol. The van der Waals surface area contributed by atoms with E-state index in [1.54, 1.807) is 6.92 Å². The molecule has 1 aromatic rings. The van der Waals surface area contributed by atoms with Crippen LogP contribution in [0.2, 0.25) is 0 Å². The summed E-state index contributed by atoms with van der Waals surface area (Å²) in [7, 11) is 0. The SMILES string of the molecule is CC(=N)c1ccc(C2=NOC(CN3CCCN(CC(=O)O)CC3)C2)cc1. The molecule has 0 spiro atoms. The lowest BCUT2D eigenvalue weighted by Gasteiger charge is -2.22. The van der Waals surface area contributed by atoms with E-state index in [2.05, 4.69) is 10.1 Å². The number of oxime groups is 1. The van der Waals surface area contributed by atoms with Crippen LogP contribution in [0.1, 0.15) is 30.9 Å². The Bertz CT molecular complexity index is 687. The van der Waals surface area contributed by atoms with Gasteiger partial charge in [0.05, 0.1) is 12.3 Å². The van der Waals surface area contributed by atoms with Gasteiger partial charge in [-0.25, -0.2) is 0 Å². The molecule has 0 aromatic heterocycles. The second kappa shape index (κ2) is 8.42. The molecular formula is C19H26N4O3. The molecule has 0 saturated carbocycles. The first-order valence-corrected chi connectivity index (χ1v) is 9.06. The summed E-state index contributed by atoms with van der Waals surface area (Å²) in [6, 6.07) is 7.88. The van der Waals surface area contributed by atoms with E-state index in [9.17, 15) is 4.79 Å². The average molecular weight is 358 g/mol. The van der Waals surface area contributed by atoms with Crippen LogP contribution < -0.4 is 0 Å². The molecule has 1 aromatic carbocycles. The molecule has 7 nitrogen and oxygen atoms in total. The van der Waals surface area contributed by atoms with Crippen LogP contribution >= 0.6 is 0 Å². The lowest BCUT2D eigenvalue weighted by molar-refractivity contribution is -0.138. The number of rotatable bonds is 6. The molecule has 2 N–H and O–H groups in total. The Kier molecular flexibility index (Phi) is 6.00. The van der Waals surface area contributed by atoms with Gasteiger partial charge < -0.3 is 15.4 Å². The number of carboxylic acid groups (broad SMARTS) is 1. The summed E-state index contributed by atoms with van der Waals surface area (Å²) < 4.78 is 0. The van der Waals surface area contributed by atoms with Gasteiger partial charge in [0.2, 0.25) is 0 Å². The molecule has 0 radical (unpaired) electrons. The zero-order valence-corrected chi connectivity index (χ0v) is 15.1. The molecule has 3 rings (SSSR count). The third-order valence-corrected chi connectivity index (χ3v) is 4.89. The lowest BCUT2D eigenvalue weighted by atomic mass is 10.0. The van der Waals surface area contributed by atoms with Crippen LogP contribution in [0.5, 0.6) is 0 Å². The number of nitrogens with zero attached hydrogens (tertiary/aromatic N) is 3. The lowest BCUT2D eigenvalue weighted by Crippen LogP contribution is -2.37. The first-order chi connectivity index (χ1) is 12.5. The van der Waals surface area contributed by atoms with Gasteiger partial charge in [-0.15, -0.1) is 0 Å². The van der Waals surface area contributed by atoms with Crippen molar-refractivity contribution in [3.05, 3.63) is 35.4 Å². The Morgan fingerprint density at radius 1 is 1.23 bits per heavy atom. The molecule has 2 heterocycles. The maximum absolute atomic E-state index is 10.9. The fraction of sp³-hybridized carbons (Fsp3) is 0.526. The number of hydrogen-bond donors (Lipinski definition) is 2. The smallest absolute Gasteiger partial charge is 0.317 e. The normalized spacial score (nSPS) is 21.7. The zero-order chi connectivity index (χ0) is 18.5. The van der Waals surface area contributed by atoms with E-state index < -0.39 is 5.97 Å². The molecule has 0 bridgehead atoms. The number of benzene rings is 1. The fourth-order valence-corrected chi connectivity index (χ4v) is 3.45. The van der Waals surface area contributed by atoms with Gasteiger partial charge in [0.1, 0.15) is 6.10 Å². The Morgan fingerprint density at radius 3 is 2.62 bits per heavy atom. The van der Waals surface area contributed by atoms with Gasteiger partial charge in [0.25, 0.3) is 0 Å². The second-order valence-corrected chi connectivity index (χ2v) is 7.00. The van der Waals surface area contributed by atoms with Crippen LogP contribution in [0, 0.1) is 5.41 Å². The molecule has 26 heavy (non-hydrogen) atoms. The first-order valence-electron chi connectivity index (χ1n) is 9.06. The summed E-state index contributed by atoms with van der Waals surface area (Å²) in [6.07, 6.45) is 1.79. The van der Waals surface area contributed by atoms with Crippen molar-refractivity contribution in [1.82, 2.24) is 9.80 Å². The molecular weight excluding hydrogens is 332 g/mol. The number of aliphatic carboxylic acids is 1. The van der Waals surface area contributed by atoms with E-state index >= 15 is 0 Å². The van der Waals surface area contributed by atoms with Crippen LogP contribution in [-0.2, 0) is 9.63 Å². The van der Waals surface area contributed by atoms with Crippen LogP contribution in [0.25, 0.3) is 0 Å². The van der Waals surface area contributed by atoms with Crippen molar-refractivity contribution in [2.75, 3.05) is 39.3 Å². The average Bonchev–Trinajstić information content (AvgIpc) is 2.96.